The first kappa shape index (κ1) is 14.9. The van der Waals surface area contributed by atoms with Crippen LogP contribution >= 0.6 is 11.3 Å². The zero-order valence-corrected chi connectivity index (χ0v) is 12.7. The molecule has 20 heavy (non-hydrogen) atoms. The van der Waals surface area contributed by atoms with Crippen molar-refractivity contribution in [3.05, 3.63) is 11.4 Å². The molecule has 7 nitrogen and oxygen atoms in total. The summed E-state index contributed by atoms with van der Waals surface area (Å²) in [5.74, 6) is 6.40. The minimum Gasteiger partial charge on any atom is -0.387 e. The molecule has 2 heterocycles. The molecule has 0 radical (unpaired) electrons. The van der Waals surface area contributed by atoms with Crippen molar-refractivity contribution in [2.75, 3.05) is 37.9 Å². The second-order valence-electron chi connectivity index (χ2n) is 5.27. The van der Waals surface area contributed by atoms with Gasteiger partial charge in [0, 0.05) is 13.1 Å². The van der Waals surface area contributed by atoms with E-state index in [1.54, 1.807) is 6.92 Å². The van der Waals surface area contributed by atoms with Gasteiger partial charge in [0.2, 0.25) is 5.95 Å². The molecule has 0 aromatic carbocycles. The summed E-state index contributed by atoms with van der Waals surface area (Å²) >= 11 is 1.52. The van der Waals surface area contributed by atoms with Gasteiger partial charge < -0.3 is 15.3 Å². The van der Waals surface area contributed by atoms with Gasteiger partial charge in [-0.1, -0.05) is 0 Å². The van der Waals surface area contributed by atoms with E-state index in [-0.39, 0.29) is 0 Å². The summed E-state index contributed by atoms with van der Waals surface area (Å²) in [5, 5.41) is 16.4. The van der Waals surface area contributed by atoms with E-state index in [1.165, 1.54) is 11.3 Å². The highest BCUT2D eigenvalue weighted by molar-refractivity contribution is 7.16. The number of anilines is 2. The topological polar surface area (TPSA) is 99.3 Å². The number of nitrogen functional groups attached to an aromatic ring is 1. The molecule has 1 atom stereocenters. The number of aromatic nitrogens is 2. The number of nitrogens with one attached hydrogen (secondary N) is 2. The third-order valence-electron chi connectivity index (χ3n) is 2.75. The first-order valence-corrected chi connectivity index (χ1v) is 7.12. The van der Waals surface area contributed by atoms with Crippen molar-refractivity contribution in [2.24, 2.45) is 5.84 Å². The van der Waals surface area contributed by atoms with E-state index in [2.05, 4.69) is 20.7 Å². The maximum atomic E-state index is 10.3. The molecule has 1 unspecified atom stereocenters. The van der Waals surface area contributed by atoms with Crippen LogP contribution < -0.4 is 16.6 Å². The summed E-state index contributed by atoms with van der Waals surface area (Å²) in [5.41, 5.74) is 1.60. The van der Waals surface area contributed by atoms with E-state index in [1.807, 2.05) is 30.4 Å². The molecule has 0 saturated carbocycles. The number of nitrogens with two attached hydrogens (primary N) is 1. The predicted octanol–water partition coefficient (Wildman–Crippen LogP) is 0.701. The lowest BCUT2D eigenvalue weighted by Crippen LogP contribution is -2.43. The van der Waals surface area contributed by atoms with Crippen molar-refractivity contribution in [1.29, 1.82) is 0 Å². The molecule has 0 spiro atoms. The molecule has 2 aromatic rings. The number of nitrogens with zero attached hydrogens (tertiary/aromatic N) is 3. The number of hydrogen-bond donors (Lipinski definition) is 4. The van der Waals surface area contributed by atoms with E-state index in [0.29, 0.717) is 24.9 Å². The fraction of sp³-hybridized carbons (Fsp3) is 0.500. The van der Waals surface area contributed by atoms with Gasteiger partial charge in [-0.3, -0.25) is 5.43 Å². The van der Waals surface area contributed by atoms with Crippen LogP contribution in [0.4, 0.5) is 11.8 Å². The van der Waals surface area contributed by atoms with Crippen LogP contribution in [0.3, 0.4) is 0 Å². The van der Waals surface area contributed by atoms with Crippen LogP contribution in [0.15, 0.2) is 11.4 Å². The molecule has 0 aliphatic rings. The van der Waals surface area contributed by atoms with Gasteiger partial charge in [-0.15, -0.1) is 11.3 Å². The predicted molar refractivity (Wildman–Crippen MR) is 82.9 cm³/mol. The van der Waals surface area contributed by atoms with Crippen molar-refractivity contribution in [3.63, 3.8) is 0 Å². The molecule has 2 aromatic heterocycles. The van der Waals surface area contributed by atoms with Crippen molar-refractivity contribution in [3.8, 4) is 0 Å². The Balaban J connectivity index is 2.18. The molecule has 0 aliphatic carbocycles. The second kappa shape index (κ2) is 5.88. The first-order chi connectivity index (χ1) is 9.41. The van der Waals surface area contributed by atoms with Gasteiger partial charge in [-0.25, -0.2) is 10.8 Å². The van der Waals surface area contributed by atoms with Gasteiger partial charge in [0.05, 0.1) is 11.0 Å². The maximum Gasteiger partial charge on any atom is 0.240 e. The van der Waals surface area contributed by atoms with Crippen molar-refractivity contribution < 1.29 is 5.11 Å². The smallest absolute Gasteiger partial charge is 0.240 e. The number of hydrogen-bond acceptors (Lipinski definition) is 8. The molecular weight excluding hydrogens is 276 g/mol. The first-order valence-electron chi connectivity index (χ1n) is 6.24. The Morgan fingerprint density at radius 1 is 1.45 bits per heavy atom. The zero-order chi connectivity index (χ0) is 14.8. The molecule has 0 amide bonds. The average Bonchev–Trinajstić information content (AvgIpc) is 2.82. The van der Waals surface area contributed by atoms with Gasteiger partial charge in [-0.2, -0.15) is 4.98 Å². The van der Waals surface area contributed by atoms with Crippen LogP contribution in [0.2, 0.25) is 0 Å². The highest BCUT2D eigenvalue weighted by Crippen LogP contribution is 2.26. The molecule has 0 aliphatic heterocycles. The summed E-state index contributed by atoms with van der Waals surface area (Å²) in [7, 11) is 3.85. The largest absolute Gasteiger partial charge is 0.387 e. The number of thiophene rings is 1. The van der Waals surface area contributed by atoms with Crippen molar-refractivity contribution >= 4 is 33.3 Å². The normalized spacial score (nSPS) is 14.5. The van der Waals surface area contributed by atoms with Gasteiger partial charge >= 0.3 is 0 Å². The lowest BCUT2D eigenvalue weighted by atomic mass is 10.1. The number of hydrazine groups is 1. The Kier molecular flexibility index (Phi) is 4.39. The quantitative estimate of drug-likeness (QED) is 0.460. The number of likely N-dealkylation sites (N-methyl/N-ethyl adjacent to an activating group) is 1. The van der Waals surface area contributed by atoms with E-state index in [9.17, 15) is 5.11 Å². The van der Waals surface area contributed by atoms with E-state index in [4.69, 9.17) is 5.84 Å². The molecule has 2 rings (SSSR count). The second-order valence-corrected chi connectivity index (χ2v) is 6.16. The SMILES string of the molecule is CN(C)CC(C)(O)CNc1nc(NN)nc2sccc12. The third-order valence-corrected chi connectivity index (χ3v) is 3.55. The summed E-state index contributed by atoms with van der Waals surface area (Å²) in [6.45, 7) is 2.73. The third kappa shape index (κ3) is 3.54. The van der Waals surface area contributed by atoms with Crippen LogP contribution in [0.1, 0.15) is 6.92 Å². The molecule has 110 valence electrons. The highest BCUT2D eigenvalue weighted by atomic mass is 32.1. The minimum absolute atomic E-state index is 0.356. The minimum atomic E-state index is -0.854. The van der Waals surface area contributed by atoms with Gasteiger partial charge in [-0.05, 0) is 32.5 Å². The molecular formula is C12H20N6OS. The molecule has 0 fully saturated rings. The number of rotatable bonds is 6. The Morgan fingerprint density at radius 3 is 2.85 bits per heavy atom. The maximum absolute atomic E-state index is 10.3. The standard InChI is InChI=1S/C12H20N6OS/c1-12(19,7-18(2)3)6-14-9-8-4-5-20-10(8)16-11(15-9)17-13/h4-5,19H,6-7,13H2,1-3H3,(H2,14,15,16,17). The summed E-state index contributed by atoms with van der Waals surface area (Å²) in [4.78, 5) is 11.4. The van der Waals surface area contributed by atoms with Gasteiger partial charge in [0.15, 0.2) is 0 Å². The van der Waals surface area contributed by atoms with Gasteiger partial charge in [0.1, 0.15) is 10.6 Å². The summed E-state index contributed by atoms with van der Waals surface area (Å²) in [6.07, 6.45) is 0. The molecule has 0 bridgehead atoms. The zero-order valence-electron chi connectivity index (χ0n) is 11.8. The Bertz CT molecular complexity index is 582. The summed E-state index contributed by atoms with van der Waals surface area (Å²) < 4.78 is 0. The fourth-order valence-corrected chi connectivity index (χ4v) is 2.83. The van der Waals surface area contributed by atoms with E-state index in [0.717, 1.165) is 10.2 Å². The Hall–Kier alpha value is -1.48. The van der Waals surface area contributed by atoms with Crippen LogP contribution in [-0.4, -0.2) is 52.8 Å². The van der Waals surface area contributed by atoms with Crippen molar-refractivity contribution in [2.45, 2.75) is 12.5 Å². The number of fused-ring (bicyclic) bond motifs is 1. The monoisotopic (exact) mass is 296 g/mol. The molecule has 5 N–H and O–H groups in total. The molecule has 8 heteroatoms. The van der Waals surface area contributed by atoms with Crippen molar-refractivity contribution in [1.82, 2.24) is 14.9 Å². The van der Waals surface area contributed by atoms with Crippen LogP contribution in [-0.2, 0) is 0 Å². The van der Waals surface area contributed by atoms with Crippen LogP contribution in [0, 0.1) is 0 Å². The summed E-state index contributed by atoms with van der Waals surface area (Å²) in [6, 6.07) is 1.95. The lowest BCUT2D eigenvalue weighted by Gasteiger charge is -2.27. The Morgan fingerprint density at radius 2 is 2.20 bits per heavy atom. The lowest BCUT2D eigenvalue weighted by molar-refractivity contribution is 0.0459. The van der Waals surface area contributed by atoms with Gasteiger partial charge in [0.25, 0.3) is 0 Å². The average molecular weight is 296 g/mol. The fourth-order valence-electron chi connectivity index (χ4n) is 2.07. The van der Waals surface area contributed by atoms with E-state index >= 15 is 0 Å². The highest BCUT2D eigenvalue weighted by Gasteiger charge is 2.22. The van der Waals surface area contributed by atoms with Crippen LogP contribution in [0.25, 0.3) is 10.2 Å². The van der Waals surface area contributed by atoms with E-state index < -0.39 is 5.60 Å². The Labute approximate surface area is 121 Å². The molecule has 0 saturated heterocycles. The number of aliphatic hydroxyl groups is 1. The van der Waals surface area contributed by atoms with Crippen LogP contribution in [0.5, 0.6) is 0 Å².